The zero-order valence-corrected chi connectivity index (χ0v) is 17.1. The van der Waals surface area contributed by atoms with Crippen LogP contribution in [0.25, 0.3) is 11.3 Å². The second-order valence-electron chi connectivity index (χ2n) is 6.19. The van der Waals surface area contributed by atoms with Crippen LogP contribution in [0.1, 0.15) is 19.4 Å². The summed E-state index contributed by atoms with van der Waals surface area (Å²) in [7, 11) is 3.27. The number of hydrazone groups is 1. The molecule has 6 nitrogen and oxygen atoms in total. The first-order valence-corrected chi connectivity index (χ1v) is 9.71. The molecular weight excluding hydrogens is 374 g/mol. The predicted molar refractivity (Wildman–Crippen MR) is 114 cm³/mol. The third kappa shape index (κ3) is 4.80. The molecule has 1 N–H and O–H groups in total. The summed E-state index contributed by atoms with van der Waals surface area (Å²) in [5, 5.41) is 6.94. The van der Waals surface area contributed by atoms with E-state index in [0.717, 1.165) is 22.6 Å². The standard InChI is InChI=1S/C21H23N3O3S/c1-14(2)27-19-10-9-15(11-20(19)26-4)12-22-24-21-23-17(13-28-21)16-7-5-6-8-18(16)25-3/h5-14H,1-4H3,(H,23,24)/b22-12-. The summed E-state index contributed by atoms with van der Waals surface area (Å²) in [5.41, 5.74) is 5.65. The molecule has 146 valence electrons. The molecule has 0 fully saturated rings. The molecule has 1 aromatic heterocycles. The number of thiazole rings is 1. The van der Waals surface area contributed by atoms with Gasteiger partial charge in [-0.1, -0.05) is 12.1 Å². The van der Waals surface area contributed by atoms with E-state index in [1.54, 1.807) is 20.4 Å². The van der Waals surface area contributed by atoms with Crippen LogP contribution in [0.15, 0.2) is 52.9 Å². The van der Waals surface area contributed by atoms with Crippen molar-refractivity contribution in [2.75, 3.05) is 19.6 Å². The maximum absolute atomic E-state index is 5.72. The fraction of sp³-hybridized carbons (Fsp3) is 0.238. The number of hydrogen-bond acceptors (Lipinski definition) is 7. The van der Waals surface area contributed by atoms with Crippen LogP contribution in [-0.2, 0) is 0 Å². The number of hydrogen-bond donors (Lipinski definition) is 1. The van der Waals surface area contributed by atoms with Crippen LogP contribution in [0.4, 0.5) is 5.13 Å². The molecule has 0 atom stereocenters. The lowest BCUT2D eigenvalue weighted by atomic mass is 10.1. The van der Waals surface area contributed by atoms with Gasteiger partial charge in [0, 0.05) is 10.9 Å². The summed E-state index contributed by atoms with van der Waals surface area (Å²) >= 11 is 1.48. The van der Waals surface area contributed by atoms with Crippen molar-refractivity contribution in [3.63, 3.8) is 0 Å². The highest BCUT2D eigenvalue weighted by molar-refractivity contribution is 7.14. The first kappa shape index (κ1) is 19.7. The zero-order valence-electron chi connectivity index (χ0n) is 16.3. The van der Waals surface area contributed by atoms with Crippen molar-refractivity contribution >= 4 is 22.7 Å². The molecule has 0 unspecified atom stereocenters. The molecular formula is C21H23N3O3S. The van der Waals surface area contributed by atoms with Gasteiger partial charge < -0.3 is 14.2 Å². The Bertz CT molecular complexity index is 954. The van der Waals surface area contributed by atoms with Crippen LogP contribution >= 0.6 is 11.3 Å². The van der Waals surface area contributed by atoms with Crippen molar-refractivity contribution in [3.05, 3.63) is 53.4 Å². The van der Waals surface area contributed by atoms with E-state index in [9.17, 15) is 0 Å². The molecule has 0 aliphatic rings. The fourth-order valence-corrected chi connectivity index (χ4v) is 3.24. The van der Waals surface area contributed by atoms with Crippen LogP contribution in [0.5, 0.6) is 17.2 Å². The quantitative estimate of drug-likeness (QED) is 0.425. The normalized spacial score (nSPS) is 11.0. The molecule has 0 saturated heterocycles. The van der Waals surface area contributed by atoms with Crippen LogP contribution in [0.2, 0.25) is 0 Å². The van der Waals surface area contributed by atoms with Gasteiger partial charge in [-0.2, -0.15) is 5.10 Å². The zero-order chi connectivity index (χ0) is 19.9. The summed E-state index contributed by atoms with van der Waals surface area (Å²) in [5.74, 6) is 2.17. The summed E-state index contributed by atoms with van der Waals surface area (Å²) in [6.07, 6.45) is 1.80. The highest BCUT2D eigenvalue weighted by Gasteiger charge is 2.09. The van der Waals surface area contributed by atoms with E-state index in [1.165, 1.54) is 11.3 Å². The SMILES string of the molecule is COc1cc(/C=N\Nc2nc(-c3ccccc3OC)cs2)ccc1OC(C)C. The number of benzene rings is 2. The molecule has 2 aromatic carbocycles. The van der Waals surface area contributed by atoms with Gasteiger partial charge in [-0.3, -0.25) is 5.43 Å². The number of ether oxygens (including phenoxy) is 3. The van der Waals surface area contributed by atoms with E-state index >= 15 is 0 Å². The maximum atomic E-state index is 5.72. The number of anilines is 1. The predicted octanol–water partition coefficient (Wildman–Crippen LogP) is 5.06. The van der Waals surface area contributed by atoms with Crippen LogP contribution < -0.4 is 19.6 Å². The van der Waals surface area contributed by atoms with Gasteiger partial charge in [-0.05, 0) is 49.7 Å². The van der Waals surface area contributed by atoms with E-state index in [1.807, 2.05) is 61.7 Å². The van der Waals surface area contributed by atoms with E-state index in [-0.39, 0.29) is 6.10 Å². The molecule has 3 aromatic rings. The van der Waals surface area contributed by atoms with Crippen molar-refractivity contribution in [1.82, 2.24) is 4.98 Å². The number of nitrogens with zero attached hydrogens (tertiary/aromatic N) is 2. The van der Waals surface area contributed by atoms with Crippen molar-refractivity contribution in [1.29, 1.82) is 0 Å². The van der Waals surface area contributed by atoms with Gasteiger partial charge in [-0.15, -0.1) is 11.3 Å². The van der Waals surface area contributed by atoms with Gasteiger partial charge in [0.2, 0.25) is 5.13 Å². The van der Waals surface area contributed by atoms with Crippen LogP contribution in [0.3, 0.4) is 0 Å². The van der Waals surface area contributed by atoms with Gasteiger partial charge >= 0.3 is 0 Å². The second kappa shape index (κ2) is 9.23. The molecule has 0 aliphatic carbocycles. The lowest BCUT2D eigenvalue weighted by Gasteiger charge is -2.13. The monoisotopic (exact) mass is 397 g/mol. The molecule has 0 aliphatic heterocycles. The lowest BCUT2D eigenvalue weighted by molar-refractivity contribution is 0.230. The number of aromatic nitrogens is 1. The van der Waals surface area contributed by atoms with E-state index in [0.29, 0.717) is 16.6 Å². The Balaban J connectivity index is 1.69. The van der Waals surface area contributed by atoms with Crippen molar-refractivity contribution in [2.45, 2.75) is 20.0 Å². The molecule has 0 bridgehead atoms. The minimum Gasteiger partial charge on any atom is -0.496 e. The minimum absolute atomic E-state index is 0.0809. The van der Waals surface area contributed by atoms with Crippen molar-refractivity contribution < 1.29 is 14.2 Å². The number of methoxy groups -OCH3 is 2. The molecule has 0 spiro atoms. The van der Waals surface area contributed by atoms with Crippen molar-refractivity contribution in [3.8, 4) is 28.5 Å². The topological polar surface area (TPSA) is 65.0 Å². The molecule has 3 rings (SSSR count). The number of nitrogens with one attached hydrogen (secondary N) is 1. The van der Waals surface area contributed by atoms with Crippen molar-refractivity contribution in [2.24, 2.45) is 5.10 Å². The van der Waals surface area contributed by atoms with Gasteiger partial charge in [0.05, 0.1) is 32.2 Å². The molecule has 1 heterocycles. The van der Waals surface area contributed by atoms with Gasteiger partial charge in [-0.25, -0.2) is 4.98 Å². The van der Waals surface area contributed by atoms with E-state index < -0.39 is 0 Å². The first-order valence-electron chi connectivity index (χ1n) is 8.83. The van der Waals surface area contributed by atoms with Crippen LogP contribution in [0, 0.1) is 0 Å². The third-order valence-electron chi connectivity index (χ3n) is 3.81. The van der Waals surface area contributed by atoms with E-state index in [4.69, 9.17) is 14.2 Å². The summed E-state index contributed by atoms with van der Waals surface area (Å²) in [6, 6.07) is 13.5. The van der Waals surface area contributed by atoms with Gasteiger partial charge in [0.15, 0.2) is 11.5 Å². The van der Waals surface area contributed by atoms with Crippen LogP contribution in [-0.4, -0.2) is 31.5 Å². The highest BCUT2D eigenvalue weighted by Crippen LogP contribution is 2.32. The van der Waals surface area contributed by atoms with Gasteiger partial charge in [0.1, 0.15) is 5.75 Å². The van der Waals surface area contributed by atoms with Gasteiger partial charge in [0.25, 0.3) is 0 Å². The maximum Gasteiger partial charge on any atom is 0.203 e. The average Bonchev–Trinajstić information content (AvgIpc) is 3.17. The summed E-state index contributed by atoms with van der Waals surface area (Å²) in [6.45, 7) is 3.96. The minimum atomic E-state index is 0.0809. The fourth-order valence-electron chi connectivity index (χ4n) is 2.58. The Morgan fingerprint density at radius 2 is 1.82 bits per heavy atom. The Morgan fingerprint density at radius 3 is 2.57 bits per heavy atom. The number of rotatable bonds is 8. The molecule has 28 heavy (non-hydrogen) atoms. The highest BCUT2D eigenvalue weighted by atomic mass is 32.1. The Morgan fingerprint density at radius 1 is 1.04 bits per heavy atom. The Hall–Kier alpha value is -3.06. The molecule has 0 radical (unpaired) electrons. The number of para-hydroxylation sites is 1. The second-order valence-corrected chi connectivity index (χ2v) is 7.04. The Kier molecular flexibility index (Phi) is 6.49. The lowest BCUT2D eigenvalue weighted by Crippen LogP contribution is -2.06. The Labute approximate surface area is 168 Å². The largest absolute Gasteiger partial charge is 0.496 e. The summed E-state index contributed by atoms with van der Waals surface area (Å²) in [4.78, 5) is 4.57. The molecule has 0 saturated carbocycles. The third-order valence-corrected chi connectivity index (χ3v) is 4.56. The molecule has 0 amide bonds. The average molecular weight is 398 g/mol. The smallest absolute Gasteiger partial charge is 0.203 e. The first-order chi connectivity index (χ1) is 13.6. The van der Waals surface area contributed by atoms with E-state index in [2.05, 4.69) is 15.5 Å². The summed E-state index contributed by atoms with van der Waals surface area (Å²) < 4.78 is 16.5. The molecule has 7 heteroatoms.